The molecule has 0 radical (unpaired) electrons. The molecule has 0 bridgehead atoms. The summed E-state index contributed by atoms with van der Waals surface area (Å²) in [5.74, 6) is -0.756. The van der Waals surface area contributed by atoms with E-state index in [1.807, 2.05) is 24.3 Å². The Bertz CT molecular complexity index is 698. The van der Waals surface area contributed by atoms with Crippen molar-refractivity contribution in [3.8, 4) is 0 Å². The second kappa shape index (κ2) is 5.32. The first-order valence-electron chi connectivity index (χ1n) is 6.81. The van der Waals surface area contributed by atoms with Crippen LogP contribution in [0.1, 0.15) is 38.8 Å². The zero-order valence-electron chi connectivity index (χ0n) is 11.6. The fraction of sp³-hybridized carbons (Fsp3) is 0.118. The first-order valence-corrected chi connectivity index (χ1v) is 6.81. The molecule has 21 heavy (non-hydrogen) atoms. The normalized spacial score (nSPS) is 14.0. The fourth-order valence-corrected chi connectivity index (χ4v) is 2.25. The molecule has 4 heteroatoms. The van der Waals surface area contributed by atoms with Gasteiger partial charge in [-0.25, -0.2) is 0 Å². The lowest BCUT2D eigenvalue weighted by molar-refractivity contribution is 0.0660. The van der Waals surface area contributed by atoms with Gasteiger partial charge in [0.05, 0.1) is 17.3 Å². The van der Waals surface area contributed by atoms with Gasteiger partial charge in [0.2, 0.25) is 0 Å². The molecule has 104 valence electrons. The van der Waals surface area contributed by atoms with E-state index in [0.717, 1.165) is 17.0 Å². The van der Waals surface area contributed by atoms with E-state index < -0.39 is 0 Å². The maximum absolute atomic E-state index is 12.1. The number of carbonyl (C=O) groups excluding carboxylic acids is 2. The van der Waals surface area contributed by atoms with Crippen molar-refractivity contribution in [1.29, 1.82) is 0 Å². The van der Waals surface area contributed by atoms with Gasteiger partial charge in [0.15, 0.2) is 0 Å². The van der Waals surface area contributed by atoms with Crippen molar-refractivity contribution in [2.24, 2.45) is 5.10 Å². The average Bonchev–Trinajstić information content (AvgIpc) is 2.78. The van der Waals surface area contributed by atoms with Crippen LogP contribution in [0.4, 0.5) is 0 Å². The number of hydrogen-bond acceptors (Lipinski definition) is 3. The molecule has 3 rings (SSSR count). The van der Waals surface area contributed by atoms with Gasteiger partial charge in [0.1, 0.15) is 0 Å². The van der Waals surface area contributed by atoms with Gasteiger partial charge in [0, 0.05) is 0 Å². The smallest absolute Gasteiger partial charge is 0.267 e. The summed E-state index contributed by atoms with van der Waals surface area (Å²) in [5.41, 5.74) is 2.89. The standard InChI is InChI=1S/C17H14N2O2/c1-2-12-7-9-13(10-8-12)11-18-19-16(20)14-5-3-4-6-15(14)17(19)21/h3-11H,2H2,1H3/b18-11-. The van der Waals surface area contributed by atoms with E-state index in [-0.39, 0.29) is 11.8 Å². The number of hydrogen-bond donors (Lipinski definition) is 0. The van der Waals surface area contributed by atoms with E-state index in [9.17, 15) is 9.59 Å². The summed E-state index contributed by atoms with van der Waals surface area (Å²) >= 11 is 0. The third-order valence-corrected chi connectivity index (χ3v) is 3.48. The van der Waals surface area contributed by atoms with Gasteiger partial charge in [-0.15, -0.1) is 0 Å². The van der Waals surface area contributed by atoms with E-state index >= 15 is 0 Å². The molecule has 0 saturated carbocycles. The number of hydrazone groups is 1. The first kappa shape index (κ1) is 13.2. The molecule has 2 amide bonds. The summed E-state index contributed by atoms with van der Waals surface area (Å²) in [6.45, 7) is 2.09. The summed E-state index contributed by atoms with van der Waals surface area (Å²) in [7, 11) is 0. The molecule has 2 aromatic carbocycles. The Morgan fingerprint density at radius 2 is 1.52 bits per heavy atom. The van der Waals surface area contributed by atoms with Crippen molar-refractivity contribution in [1.82, 2.24) is 5.01 Å². The molecule has 0 aliphatic carbocycles. The van der Waals surface area contributed by atoms with E-state index in [4.69, 9.17) is 0 Å². The van der Waals surface area contributed by atoms with E-state index in [0.29, 0.717) is 11.1 Å². The lowest BCUT2D eigenvalue weighted by Gasteiger charge is -2.05. The predicted molar refractivity (Wildman–Crippen MR) is 80.4 cm³/mol. The van der Waals surface area contributed by atoms with Gasteiger partial charge in [0.25, 0.3) is 11.8 Å². The van der Waals surface area contributed by atoms with Crippen LogP contribution in [-0.2, 0) is 6.42 Å². The molecule has 1 heterocycles. The van der Waals surface area contributed by atoms with Crippen LogP contribution in [0.15, 0.2) is 53.6 Å². The van der Waals surface area contributed by atoms with Crippen molar-refractivity contribution in [2.75, 3.05) is 0 Å². The van der Waals surface area contributed by atoms with Crippen molar-refractivity contribution < 1.29 is 9.59 Å². The highest BCUT2D eigenvalue weighted by atomic mass is 16.2. The highest BCUT2D eigenvalue weighted by molar-refractivity contribution is 6.21. The van der Waals surface area contributed by atoms with Gasteiger partial charge in [-0.1, -0.05) is 43.3 Å². The van der Waals surface area contributed by atoms with E-state index in [1.165, 1.54) is 11.8 Å². The van der Waals surface area contributed by atoms with E-state index in [2.05, 4.69) is 12.0 Å². The minimum absolute atomic E-state index is 0.378. The summed E-state index contributed by atoms with van der Waals surface area (Å²) in [6, 6.07) is 14.6. The number of benzene rings is 2. The SMILES string of the molecule is CCc1ccc(/C=N\N2C(=O)c3ccccc3C2=O)cc1. The Kier molecular flexibility index (Phi) is 3.36. The monoisotopic (exact) mass is 278 g/mol. The van der Waals surface area contributed by atoms with Crippen LogP contribution < -0.4 is 0 Å². The minimum atomic E-state index is -0.378. The topological polar surface area (TPSA) is 49.7 Å². The zero-order chi connectivity index (χ0) is 14.8. The predicted octanol–water partition coefficient (Wildman–Crippen LogP) is 2.88. The molecule has 0 fully saturated rings. The molecule has 1 aliphatic rings. The molecule has 0 spiro atoms. The minimum Gasteiger partial charge on any atom is -0.267 e. The van der Waals surface area contributed by atoms with E-state index in [1.54, 1.807) is 24.3 Å². The fourth-order valence-electron chi connectivity index (χ4n) is 2.25. The van der Waals surface area contributed by atoms with Gasteiger partial charge < -0.3 is 0 Å². The lowest BCUT2D eigenvalue weighted by Crippen LogP contribution is -2.23. The highest BCUT2D eigenvalue weighted by Gasteiger charge is 2.35. The molecule has 0 N–H and O–H groups in total. The van der Waals surface area contributed by atoms with Crippen LogP contribution >= 0.6 is 0 Å². The van der Waals surface area contributed by atoms with Crippen molar-refractivity contribution in [3.05, 3.63) is 70.8 Å². The Morgan fingerprint density at radius 3 is 2.05 bits per heavy atom. The van der Waals surface area contributed by atoms with Crippen molar-refractivity contribution >= 4 is 18.0 Å². The number of amides is 2. The van der Waals surface area contributed by atoms with Crippen LogP contribution in [0.5, 0.6) is 0 Å². The summed E-state index contributed by atoms with van der Waals surface area (Å²) in [5, 5.41) is 4.95. The molecule has 0 saturated heterocycles. The summed E-state index contributed by atoms with van der Waals surface area (Å²) in [4.78, 5) is 24.2. The Hall–Kier alpha value is -2.75. The number of aryl methyl sites for hydroxylation is 1. The number of imide groups is 1. The van der Waals surface area contributed by atoms with Crippen LogP contribution in [0.2, 0.25) is 0 Å². The largest absolute Gasteiger partial charge is 0.282 e. The second-order valence-electron chi connectivity index (χ2n) is 4.81. The Morgan fingerprint density at radius 1 is 0.952 bits per heavy atom. The molecule has 0 aromatic heterocycles. The maximum Gasteiger partial charge on any atom is 0.282 e. The molecule has 0 unspecified atom stereocenters. The number of nitrogens with zero attached hydrogens (tertiary/aromatic N) is 2. The summed E-state index contributed by atoms with van der Waals surface area (Å²) < 4.78 is 0. The summed E-state index contributed by atoms with van der Waals surface area (Å²) in [6.07, 6.45) is 2.50. The molecule has 4 nitrogen and oxygen atoms in total. The van der Waals surface area contributed by atoms with Gasteiger partial charge in [-0.3, -0.25) is 9.59 Å². The molecule has 2 aromatic rings. The number of carbonyl (C=O) groups is 2. The highest BCUT2D eigenvalue weighted by Crippen LogP contribution is 2.22. The number of fused-ring (bicyclic) bond motifs is 1. The van der Waals surface area contributed by atoms with Crippen molar-refractivity contribution in [2.45, 2.75) is 13.3 Å². The van der Waals surface area contributed by atoms with Crippen LogP contribution in [-0.4, -0.2) is 23.0 Å². The molecule has 1 aliphatic heterocycles. The second-order valence-corrected chi connectivity index (χ2v) is 4.81. The Balaban J connectivity index is 1.84. The van der Waals surface area contributed by atoms with Gasteiger partial charge in [-0.05, 0) is 29.7 Å². The number of rotatable bonds is 3. The maximum atomic E-state index is 12.1. The van der Waals surface area contributed by atoms with Gasteiger partial charge in [-0.2, -0.15) is 10.1 Å². The quantitative estimate of drug-likeness (QED) is 0.640. The third-order valence-electron chi connectivity index (χ3n) is 3.48. The van der Waals surface area contributed by atoms with Crippen LogP contribution in [0, 0.1) is 0 Å². The van der Waals surface area contributed by atoms with Crippen molar-refractivity contribution in [3.63, 3.8) is 0 Å². The third kappa shape index (κ3) is 2.36. The zero-order valence-corrected chi connectivity index (χ0v) is 11.6. The van der Waals surface area contributed by atoms with Gasteiger partial charge >= 0.3 is 0 Å². The molecular formula is C17H14N2O2. The molecule has 0 atom stereocenters. The lowest BCUT2D eigenvalue weighted by atomic mass is 10.1. The average molecular weight is 278 g/mol. The van der Waals surface area contributed by atoms with Crippen LogP contribution in [0.25, 0.3) is 0 Å². The van der Waals surface area contributed by atoms with Crippen LogP contribution in [0.3, 0.4) is 0 Å². The molecular weight excluding hydrogens is 264 g/mol. The first-order chi connectivity index (χ1) is 10.2. The Labute approximate surface area is 122 Å².